The van der Waals surface area contributed by atoms with Gasteiger partial charge in [-0.25, -0.2) is 4.39 Å². The molecule has 1 spiro atoms. The number of halogens is 1. The van der Waals surface area contributed by atoms with Crippen molar-refractivity contribution < 1.29 is 9.18 Å². The molecule has 0 radical (unpaired) electrons. The van der Waals surface area contributed by atoms with E-state index in [9.17, 15) is 4.79 Å². The van der Waals surface area contributed by atoms with Crippen LogP contribution < -0.4 is 5.32 Å². The number of hydrogen-bond donors (Lipinski definition) is 2. The highest BCUT2D eigenvalue weighted by molar-refractivity contribution is 5.85. The molecule has 2 aromatic carbocycles. The SMILES string of the molecule is CC1(C2CC3(CCC(Cc4ccc(-c5ccc6cc[nH]c6c5)cc4F)CC3)NCC2=O)CC1. The van der Waals surface area contributed by atoms with Gasteiger partial charge >= 0.3 is 0 Å². The molecule has 1 aromatic heterocycles. The van der Waals surface area contributed by atoms with Crippen molar-refractivity contribution >= 4 is 16.7 Å². The highest BCUT2D eigenvalue weighted by Crippen LogP contribution is 2.56. The molecule has 4 heteroatoms. The molecule has 1 atom stereocenters. The van der Waals surface area contributed by atoms with E-state index in [1.807, 2.05) is 18.3 Å². The first kappa shape index (κ1) is 21.1. The number of H-pyrrole nitrogens is 1. The molecule has 33 heavy (non-hydrogen) atoms. The number of aromatic amines is 1. The molecule has 1 aliphatic heterocycles. The summed E-state index contributed by atoms with van der Waals surface area (Å²) in [4.78, 5) is 15.8. The molecule has 1 saturated heterocycles. The number of Topliss-reactive ketones (excluding diaryl/α,β-unsaturated/α-hetero) is 1. The third-order valence-electron chi connectivity index (χ3n) is 9.01. The lowest BCUT2D eigenvalue weighted by Crippen LogP contribution is -2.57. The zero-order chi connectivity index (χ0) is 22.6. The van der Waals surface area contributed by atoms with Crippen LogP contribution in [0.1, 0.15) is 57.4 Å². The number of rotatable bonds is 4. The molecule has 2 N–H and O–H groups in total. The third kappa shape index (κ3) is 3.93. The van der Waals surface area contributed by atoms with Gasteiger partial charge in [0, 0.05) is 23.2 Å². The Morgan fingerprint density at radius 1 is 1.00 bits per heavy atom. The van der Waals surface area contributed by atoms with Crippen LogP contribution in [0, 0.1) is 23.1 Å². The molecule has 6 rings (SSSR count). The van der Waals surface area contributed by atoms with Crippen LogP contribution >= 0.6 is 0 Å². The maximum absolute atomic E-state index is 15.1. The van der Waals surface area contributed by atoms with Crippen LogP contribution in [0.25, 0.3) is 22.0 Å². The largest absolute Gasteiger partial charge is 0.361 e. The molecule has 3 aliphatic rings. The van der Waals surface area contributed by atoms with E-state index in [-0.39, 0.29) is 22.7 Å². The average molecular weight is 445 g/mol. The van der Waals surface area contributed by atoms with Gasteiger partial charge in [-0.1, -0.05) is 31.2 Å². The Kier molecular flexibility index (Phi) is 4.99. The summed E-state index contributed by atoms with van der Waals surface area (Å²) in [5.41, 5.74) is 4.25. The van der Waals surface area contributed by atoms with Gasteiger partial charge in [-0.05, 0) is 103 Å². The molecule has 3 fully saturated rings. The number of carbonyl (C=O) groups excluding carboxylic acids is 1. The Morgan fingerprint density at radius 3 is 2.52 bits per heavy atom. The van der Waals surface area contributed by atoms with Gasteiger partial charge in [0.15, 0.2) is 0 Å². The fourth-order valence-corrected chi connectivity index (χ4v) is 6.40. The minimum absolute atomic E-state index is 0.0949. The van der Waals surface area contributed by atoms with Gasteiger partial charge in [0.25, 0.3) is 0 Å². The number of benzene rings is 2. The second kappa shape index (κ2) is 7.80. The van der Waals surface area contributed by atoms with Gasteiger partial charge in [-0.3, -0.25) is 4.79 Å². The lowest BCUT2D eigenvalue weighted by Gasteiger charge is -2.47. The summed E-state index contributed by atoms with van der Waals surface area (Å²) in [7, 11) is 0. The number of ketones is 1. The van der Waals surface area contributed by atoms with Crippen molar-refractivity contribution in [3.8, 4) is 11.1 Å². The zero-order valence-electron chi connectivity index (χ0n) is 19.4. The maximum Gasteiger partial charge on any atom is 0.150 e. The topological polar surface area (TPSA) is 44.9 Å². The predicted octanol–water partition coefficient (Wildman–Crippen LogP) is 6.42. The summed E-state index contributed by atoms with van der Waals surface area (Å²) in [6.07, 6.45) is 10.6. The monoisotopic (exact) mass is 444 g/mol. The molecule has 3 aromatic rings. The van der Waals surface area contributed by atoms with Gasteiger partial charge in [-0.15, -0.1) is 0 Å². The van der Waals surface area contributed by atoms with E-state index >= 15 is 4.39 Å². The minimum atomic E-state index is -0.0949. The van der Waals surface area contributed by atoms with Crippen molar-refractivity contribution in [2.75, 3.05) is 6.54 Å². The van der Waals surface area contributed by atoms with Crippen LogP contribution in [0.5, 0.6) is 0 Å². The van der Waals surface area contributed by atoms with Crippen molar-refractivity contribution in [1.29, 1.82) is 0 Å². The van der Waals surface area contributed by atoms with Crippen molar-refractivity contribution in [1.82, 2.24) is 10.3 Å². The quantitative estimate of drug-likeness (QED) is 0.487. The molecule has 0 bridgehead atoms. The molecule has 1 unspecified atom stereocenters. The third-order valence-corrected chi connectivity index (χ3v) is 9.01. The number of piperidine rings is 1. The first-order chi connectivity index (χ1) is 15.9. The summed E-state index contributed by atoms with van der Waals surface area (Å²) in [5, 5.41) is 4.79. The van der Waals surface area contributed by atoms with E-state index in [1.165, 1.54) is 18.2 Å². The van der Waals surface area contributed by atoms with Crippen molar-refractivity contribution in [2.45, 2.75) is 63.8 Å². The number of fused-ring (bicyclic) bond motifs is 1. The van der Waals surface area contributed by atoms with Crippen LogP contribution in [0.3, 0.4) is 0 Å². The lowest BCUT2D eigenvalue weighted by molar-refractivity contribution is -0.128. The van der Waals surface area contributed by atoms with Crippen LogP contribution in [0.4, 0.5) is 4.39 Å². The molecule has 172 valence electrons. The van der Waals surface area contributed by atoms with Crippen LogP contribution in [-0.4, -0.2) is 22.9 Å². The van der Waals surface area contributed by atoms with Gasteiger partial charge in [0.05, 0.1) is 6.54 Å². The Balaban J connectivity index is 1.11. The van der Waals surface area contributed by atoms with E-state index in [4.69, 9.17) is 0 Å². The Hall–Kier alpha value is -2.46. The maximum atomic E-state index is 15.1. The van der Waals surface area contributed by atoms with Crippen LogP contribution in [0.15, 0.2) is 48.7 Å². The minimum Gasteiger partial charge on any atom is -0.361 e. The first-order valence-corrected chi connectivity index (χ1v) is 12.6. The van der Waals surface area contributed by atoms with E-state index in [0.717, 1.165) is 60.7 Å². The van der Waals surface area contributed by atoms with Crippen LogP contribution in [0.2, 0.25) is 0 Å². The van der Waals surface area contributed by atoms with E-state index in [0.29, 0.717) is 18.2 Å². The summed E-state index contributed by atoms with van der Waals surface area (Å²) in [6.45, 7) is 2.83. The molecular formula is C29H33FN2O. The first-order valence-electron chi connectivity index (χ1n) is 12.6. The smallest absolute Gasteiger partial charge is 0.150 e. The highest BCUT2D eigenvalue weighted by Gasteiger charge is 2.53. The Labute approximate surface area is 195 Å². The Morgan fingerprint density at radius 2 is 1.76 bits per heavy atom. The fourth-order valence-electron chi connectivity index (χ4n) is 6.40. The lowest BCUT2D eigenvalue weighted by atomic mass is 9.66. The van der Waals surface area contributed by atoms with Crippen molar-refractivity contribution in [3.63, 3.8) is 0 Å². The molecule has 2 heterocycles. The second-order valence-corrected chi connectivity index (χ2v) is 11.2. The van der Waals surface area contributed by atoms with E-state index < -0.39 is 0 Å². The summed E-state index contributed by atoms with van der Waals surface area (Å²) >= 11 is 0. The van der Waals surface area contributed by atoms with E-state index in [2.05, 4.69) is 41.5 Å². The summed E-state index contributed by atoms with van der Waals surface area (Å²) in [5.74, 6) is 1.08. The molecule has 2 saturated carbocycles. The fraction of sp³-hybridized carbons (Fsp3) is 0.483. The number of hydrogen-bond acceptors (Lipinski definition) is 2. The average Bonchev–Trinajstić information content (AvgIpc) is 3.39. The molecular weight excluding hydrogens is 411 g/mol. The summed E-state index contributed by atoms with van der Waals surface area (Å²) in [6, 6.07) is 14.0. The van der Waals surface area contributed by atoms with Crippen molar-refractivity contribution in [2.24, 2.45) is 17.3 Å². The normalized spacial score (nSPS) is 29.0. The summed E-state index contributed by atoms with van der Waals surface area (Å²) < 4.78 is 15.1. The second-order valence-electron chi connectivity index (χ2n) is 11.2. The predicted molar refractivity (Wildman–Crippen MR) is 131 cm³/mol. The Bertz CT molecular complexity index is 1200. The van der Waals surface area contributed by atoms with Gasteiger partial charge in [0.1, 0.15) is 11.6 Å². The standard InChI is InChI=1S/C29H33FN2O/c1-28(11-12-28)24-17-29(32-18-27(24)33)9-6-19(7-10-29)14-23-5-4-21(15-25(23)30)22-3-2-20-8-13-31-26(20)16-22/h2-5,8,13,15-16,19,24,31-32H,6-7,9-12,14,17-18H2,1H3. The van der Waals surface area contributed by atoms with Crippen LogP contribution in [-0.2, 0) is 11.2 Å². The molecule has 2 aliphatic carbocycles. The number of carbonyl (C=O) groups is 1. The molecule has 0 amide bonds. The van der Waals surface area contributed by atoms with Gasteiger partial charge < -0.3 is 10.3 Å². The van der Waals surface area contributed by atoms with Crippen molar-refractivity contribution in [3.05, 3.63) is 60.0 Å². The number of aromatic nitrogens is 1. The number of nitrogens with one attached hydrogen (secondary N) is 2. The van der Waals surface area contributed by atoms with E-state index in [1.54, 1.807) is 6.07 Å². The highest BCUT2D eigenvalue weighted by atomic mass is 19.1. The van der Waals surface area contributed by atoms with Gasteiger partial charge in [-0.2, -0.15) is 0 Å². The molecule has 3 nitrogen and oxygen atoms in total. The van der Waals surface area contributed by atoms with Gasteiger partial charge in [0.2, 0.25) is 0 Å². The zero-order valence-corrected chi connectivity index (χ0v) is 19.4.